The van der Waals surface area contributed by atoms with E-state index < -0.39 is 0 Å². The number of anilines is 1. The standard InChI is InChI=1S/C29H32N2O4/c1-33-23-10-12-25-26-13-11-24(21-28(26)35-29(32)27(25)20-23)34-19-7-3-6-14-30-15-17-31(18-16-30)22-8-4-2-5-9-22/h2,4-5,8-13,20-21H,3,6-7,14-19H2,1H3. The Balaban J connectivity index is 1.07. The van der Waals surface area contributed by atoms with Crippen LogP contribution in [0.2, 0.25) is 0 Å². The molecule has 0 N–H and O–H groups in total. The van der Waals surface area contributed by atoms with Crippen LogP contribution >= 0.6 is 0 Å². The van der Waals surface area contributed by atoms with Crippen LogP contribution in [0.4, 0.5) is 5.69 Å². The predicted octanol–water partition coefficient (Wildman–Crippen LogP) is 5.33. The molecule has 0 atom stereocenters. The third-order valence-corrected chi connectivity index (χ3v) is 6.77. The number of para-hydroxylation sites is 1. The van der Waals surface area contributed by atoms with Gasteiger partial charge in [-0.1, -0.05) is 18.2 Å². The third kappa shape index (κ3) is 5.43. The number of ether oxygens (including phenoxy) is 2. The van der Waals surface area contributed by atoms with Crippen molar-refractivity contribution in [3.8, 4) is 11.5 Å². The summed E-state index contributed by atoms with van der Waals surface area (Å²) in [5.74, 6) is 1.36. The van der Waals surface area contributed by atoms with E-state index in [4.69, 9.17) is 13.9 Å². The second-order valence-corrected chi connectivity index (χ2v) is 9.03. The first-order chi connectivity index (χ1) is 17.2. The van der Waals surface area contributed by atoms with Gasteiger partial charge in [-0.3, -0.25) is 4.90 Å². The molecule has 0 radical (unpaired) electrons. The predicted molar refractivity (Wildman–Crippen MR) is 141 cm³/mol. The minimum Gasteiger partial charge on any atom is -0.497 e. The molecule has 6 heteroatoms. The third-order valence-electron chi connectivity index (χ3n) is 6.77. The van der Waals surface area contributed by atoms with E-state index in [2.05, 4.69) is 40.1 Å². The van der Waals surface area contributed by atoms with E-state index in [-0.39, 0.29) is 5.63 Å². The molecule has 0 amide bonds. The minimum absolute atomic E-state index is 0.367. The Kier molecular flexibility index (Phi) is 7.19. The summed E-state index contributed by atoms with van der Waals surface area (Å²) in [6, 6.07) is 21.9. The lowest BCUT2D eigenvalue weighted by Crippen LogP contribution is -2.46. The van der Waals surface area contributed by atoms with Crippen molar-refractivity contribution in [1.29, 1.82) is 0 Å². The van der Waals surface area contributed by atoms with Crippen LogP contribution in [0, 0.1) is 0 Å². The van der Waals surface area contributed by atoms with Crippen LogP contribution in [0.25, 0.3) is 21.7 Å². The number of hydrogen-bond acceptors (Lipinski definition) is 6. The molecule has 0 bridgehead atoms. The van der Waals surface area contributed by atoms with Gasteiger partial charge >= 0.3 is 5.63 Å². The molecule has 182 valence electrons. The Hall–Kier alpha value is -3.51. The van der Waals surface area contributed by atoms with E-state index in [9.17, 15) is 4.79 Å². The summed E-state index contributed by atoms with van der Waals surface area (Å²) in [6.07, 6.45) is 3.31. The van der Waals surface area contributed by atoms with Crippen LogP contribution in [0.15, 0.2) is 75.9 Å². The Morgan fingerprint density at radius 3 is 2.37 bits per heavy atom. The summed E-state index contributed by atoms with van der Waals surface area (Å²) < 4.78 is 16.7. The van der Waals surface area contributed by atoms with Crippen LogP contribution in [0.1, 0.15) is 19.3 Å². The zero-order valence-corrected chi connectivity index (χ0v) is 20.2. The van der Waals surface area contributed by atoms with E-state index in [1.165, 1.54) is 12.1 Å². The van der Waals surface area contributed by atoms with Crippen molar-refractivity contribution in [1.82, 2.24) is 4.90 Å². The summed E-state index contributed by atoms with van der Waals surface area (Å²) in [7, 11) is 1.58. The fourth-order valence-corrected chi connectivity index (χ4v) is 4.78. The highest BCUT2D eigenvalue weighted by Crippen LogP contribution is 2.28. The average Bonchev–Trinajstić information content (AvgIpc) is 2.91. The lowest BCUT2D eigenvalue weighted by Gasteiger charge is -2.36. The molecule has 2 heterocycles. The Labute approximate surface area is 205 Å². The second-order valence-electron chi connectivity index (χ2n) is 9.03. The molecule has 1 aliphatic rings. The van der Waals surface area contributed by atoms with Crippen molar-refractivity contribution in [3.05, 3.63) is 77.2 Å². The van der Waals surface area contributed by atoms with Crippen molar-refractivity contribution < 1.29 is 13.9 Å². The van der Waals surface area contributed by atoms with Gasteiger partial charge in [0, 0.05) is 48.7 Å². The minimum atomic E-state index is -0.367. The van der Waals surface area contributed by atoms with Crippen LogP contribution < -0.4 is 20.0 Å². The van der Waals surface area contributed by atoms with E-state index in [0.29, 0.717) is 23.3 Å². The van der Waals surface area contributed by atoms with Crippen molar-refractivity contribution in [2.45, 2.75) is 19.3 Å². The first-order valence-electron chi connectivity index (χ1n) is 12.4. The molecule has 0 unspecified atom stereocenters. The van der Waals surface area contributed by atoms with Gasteiger partial charge in [0.1, 0.15) is 17.1 Å². The molecule has 0 aliphatic carbocycles. The smallest absolute Gasteiger partial charge is 0.344 e. The zero-order chi connectivity index (χ0) is 24.0. The SMILES string of the molecule is COc1ccc2c(c1)c(=O)oc1cc(OCCCCCN3CCN(c4ccccc4)CC3)ccc12. The summed E-state index contributed by atoms with van der Waals surface area (Å²) in [6.45, 7) is 6.22. The summed E-state index contributed by atoms with van der Waals surface area (Å²) in [4.78, 5) is 17.5. The number of nitrogens with zero attached hydrogens (tertiary/aromatic N) is 2. The maximum absolute atomic E-state index is 12.5. The number of hydrogen-bond donors (Lipinski definition) is 0. The second kappa shape index (κ2) is 10.8. The summed E-state index contributed by atoms with van der Waals surface area (Å²) in [5, 5.41) is 2.27. The maximum atomic E-state index is 12.5. The van der Waals surface area contributed by atoms with E-state index in [1.807, 2.05) is 30.3 Å². The van der Waals surface area contributed by atoms with Crippen molar-refractivity contribution in [2.24, 2.45) is 0 Å². The lowest BCUT2D eigenvalue weighted by molar-refractivity contribution is 0.246. The topological polar surface area (TPSA) is 55.2 Å². The van der Waals surface area contributed by atoms with Crippen molar-refractivity contribution in [3.63, 3.8) is 0 Å². The molecule has 5 rings (SSSR count). The van der Waals surface area contributed by atoms with Crippen LogP contribution in [-0.2, 0) is 0 Å². The molecule has 3 aromatic carbocycles. The van der Waals surface area contributed by atoms with Crippen molar-refractivity contribution in [2.75, 3.05) is 51.3 Å². The highest BCUT2D eigenvalue weighted by molar-refractivity contribution is 6.04. The van der Waals surface area contributed by atoms with Crippen LogP contribution in [0.5, 0.6) is 11.5 Å². The van der Waals surface area contributed by atoms with Gasteiger partial charge in [-0.25, -0.2) is 4.79 Å². The van der Waals surface area contributed by atoms with Gasteiger partial charge in [0.05, 0.1) is 19.1 Å². The average molecular weight is 473 g/mol. The fourth-order valence-electron chi connectivity index (χ4n) is 4.78. The van der Waals surface area contributed by atoms with Gasteiger partial charge in [0.2, 0.25) is 0 Å². The Bertz CT molecular complexity index is 1330. The van der Waals surface area contributed by atoms with Crippen LogP contribution in [0.3, 0.4) is 0 Å². The number of rotatable bonds is 9. The lowest BCUT2D eigenvalue weighted by atomic mass is 10.1. The first kappa shape index (κ1) is 23.2. The molecule has 6 nitrogen and oxygen atoms in total. The van der Waals surface area contributed by atoms with Crippen LogP contribution in [-0.4, -0.2) is 51.3 Å². The molecule has 1 saturated heterocycles. The highest BCUT2D eigenvalue weighted by atomic mass is 16.5. The van der Waals surface area contributed by atoms with E-state index >= 15 is 0 Å². The molecular formula is C29H32N2O4. The van der Waals surface area contributed by atoms with E-state index in [1.54, 1.807) is 13.2 Å². The number of unbranched alkanes of at least 4 members (excludes halogenated alkanes) is 2. The molecule has 0 spiro atoms. The molecule has 1 aromatic heterocycles. The molecule has 35 heavy (non-hydrogen) atoms. The van der Waals surface area contributed by atoms with Gasteiger partial charge in [0.25, 0.3) is 0 Å². The largest absolute Gasteiger partial charge is 0.497 e. The van der Waals surface area contributed by atoms with Gasteiger partial charge in [-0.15, -0.1) is 0 Å². The van der Waals surface area contributed by atoms with Crippen molar-refractivity contribution >= 4 is 27.4 Å². The molecule has 1 aliphatic heterocycles. The first-order valence-corrected chi connectivity index (χ1v) is 12.4. The van der Waals surface area contributed by atoms with Gasteiger partial charge in [0.15, 0.2) is 0 Å². The molecule has 4 aromatic rings. The molecule has 1 fully saturated rings. The van der Waals surface area contributed by atoms with Gasteiger partial charge in [-0.2, -0.15) is 0 Å². The van der Waals surface area contributed by atoms with Gasteiger partial charge in [-0.05, 0) is 68.3 Å². The quantitative estimate of drug-likeness (QED) is 0.187. The number of benzene rings is 3. The molecular weight excluding hydrogens is 440 g/mol. The molecule has 0 saturated carbocycles. The Morgan fingerprint density at radius 1 is 0.800 bits per heavy atom. The summed E-state index contributed by atoms with van der Waals surface area (Å²) in [5.41, 5.74) is 1.50. The maximum Gasteiger partial charge on any atom is 0.344 e. The monoisotopic (exact) mass is 472 g/mol. The Morgan fingerprint density at radius 2 is 1.57 bits per heavy atom. The zero-order valence-electron chi connectivity index (χ0n) is 20.2. The number of fused-ring (bicyclic) bond motifs is 3. The normalized spacial score (nSPS) is 14.5. The fraction of sp³-hybridized carbons (Fsp3) is 0.345. The van der Waals surface area contributed by atoms with Gasteiger partial charge < -0.3 is 18.8 Å². The summed E-state index contributed by atoms with van der Waals surface area (Å²) >= 11 is 0. The number of piperazine rings is 1. The van der Waals surface area contributed by atoms with E-state index in [0.717, 1.165) is 62.1 Å². The number of methoxy groups -OCH3 is 1. The highest BCUT2D eigenvalue weighted by Gasteiger charge is 2.16.